The first-order valence-corrected chi connectivity index (χ1v) is 8.03. The topological polar surface area (TPSA) is 66.5 Å². The fraction of sp³-hybridized carbons (Fsp3) is 0.211. The Morgan fingerprint density at radius 2 is 1.56 bits per heavy atom. The van der Waals surface area contributed by atoms with Crippen LogP contribution in [0.3, 0.4) is 0 Å². The van der Waals surface area contributed by atoms with Crippen molar-refractivity contribution >= 4 is 17.7 Å². The van der Waals surface area contributed by atoms with Gasteiger partial charge in [-0.15, -0.1) is 0 Å². The summed E-state index contributed by atoms with van der Waals surface area (Å²) < 4.78 is 13.5. The Morgan fingerprint density at radius 3 is 2.20 bits per heavy atom. The van der Waals surface area contributed by atoms with Crippen LogP contribution in [-0.2, 0) is 11.3 Å². The lowest BCUT2D eigenvalue weighted by molar-refractivity contribution is -0.121. The summed E-state index contributed by atoms with van der Waals surface area (Å²) in [5, 5.41) is 2.64. The Morgan fingerprint density at radius 1 is 0.960 bits per heavy atom. The Labute approximate surface area is 144 Å². The standard InChI is InChI=1S/C19H17FN2O3/c20-16-9-4-1-6-13(16)12-21-17(23)10-5-11-22-18(24)14-7-2-3-8-15(14)19(22)25/h1-4,6-9H,5,10-12H2,(H,21,23). The van der Waals surface area contributed by atoms with Crippen LogP contribution >= 0.6 is 0 Å². The minimum absolute atomic E-state index is 0.110. The molecule has 1 aliphatic rings. The van der Waals surface area contributed by atoms with Gasteiger partial charge in [-0.05, 0) is 24.6 Å². The summed E-state index contributed by atoms with van der Waals surface area (Å²) in [7, 11) is 0. The largest absolute Gasteiger partial charge is 0.352 e. The van der Waals surface area contributed by atoms with Gasteiger partial charge in [0.15, 0.2) is 0 Å². The molecule has 0 aliphatic carbocycles. The van der Waals surface area contributed by atoms with Crippen LogP contribution in [0.4, 0.5) is 4.39 Å². The average Bonchev–Trinajstić information content (AvgIpc) is 2.86. The molecular weight excluding hydrogens is 323 g/mol. The quantitative estimate of drug-likeness (QED) is 0.822. The van der Waals surface area contributed by atoms with E-state index in [2.05, 4.69) is 5.32 Å². The Kier molecular flexibility index (Phi) is 4.88. The van der Waals surface area contributed by atoms with E-state index in [0.717, 1.165) is 4.90 Å². The number of benzene rings is 2. The molecule has 128 valence electrons. The van der Waals surface area contributed by atoms with Gasteiger partial charge in [-0.1, -0.05) is 30.3 Å². The SMILES string of the molecule is O=C(CCCN1C(=O)c2ccccc2C1=O)NCc1ccccc1F. The maximum atomic E-state index is 13.5. The lowest BCUT2D eigenvalue weighted by atomic mass is 10.1. The van der Waals surface area contributed by atoms with Crippen LogP contribution in [0.5, 0.6) is 0 Å². The zero-order valence-electron chi connectivity index (χ0n) is 13.5. The van der Waals surface area contributed by atoms with Gasteiger partial charge in [0.25, 0.3) is 11.8 Å². The van der Waals surface area contributed by atoms with Crippen molar-refractivity contribution in [3.8, 4) is 0 Å². The third kappa shape index (κ3) is 3.57. The van der Waals surface area contributed by atoms with Crippen molar-refractivity contribution in [3.05, 3.63) is 71.0 Å². The van der Waals surface area contributed by atoms with E-state index in [1.807, 2.05) is 0 Å². The van der Waals surface area contributed by atoms with Gasteiger partial charge < -0.3 is 5.32 Å². The van der Waals surface area contributed by atoms with Crippen molar-refractivity contribution in [1.82, 2.24) is 10.2 Å². The molecule has 0 unspecified atom stereocenters. The van der Waals surface area contributed by atoms with Gasteiger partial charge in [-0.3, -0.25) is 19.3 Å². The van der Waals surface area contributed by atoms with Gasteiger partial charge in [-0.25, -0.2) is 4.39 Å². The third-order valence-corrected chi connectivity index (χ3v) is 4.10. The molecule has 1 heterocycles. The maximum absolute atomic E-state index is 13.5. The molecule has 0 atom stereocenters. The molecule has 0 spiro atoms. The number of rotatable bonds is 6. The molecule has 1 aliphatic heterocycles. The van der Waals surface area contributed by atoms with Crippen LogP contribution in [0.2, 0.25) is 0 Å². The van der Waals surface area contributed by atoms with E-state index in [1.54, 1.807) is 42.5 Å². The number of amides is 3. The van der Waals surface area contributed by atoms with E-state index in [0.29, 0.717) is 23.1 Å². The Hall–Kier alpha value is -3.02. The summed E-state index contributed by atoms with van der Waals surface area (Å²) in [4.78, 5) is 37.4. The summed E-state index contributed by atoms with van der Waals surface area (Å²) in [5.41, 5.74) is 1.21. The fourth-order valence-corrected chi connectivity index (χ4v) is 2.76. The highest BCUT2D eigenvalue weighted by atomic mass is 19.1. The number of nitrogens with zero attached hydrogens (tertiary/aromatic N) is 1. The molecule has 25 heavy (non-hydrogen) atoms. The van der Waals surface area contributed by atoms with Crippen LogP contribution < -0.4 is 5.32 Å². The molecule has 3 rings (SSSR count). The molecule has 2 aromatic rings. The lowest BCUT2D eigenvalue weighted by Gasteiger charge is -2.13. The minimum atomic E-state index is -0.367. The number of halogens is 1. The summed E-state index contributed by atoms with van der Waals surface area (Å²) in [6.07, 6.45) is 0.510. The van der Waals surface area contributed by atoms with Crippen LogP contribution in [0.15, 0.2) is 48.5 Å². The molecule has 0 bridgehead atoms. The number of fused-ring (bicyclic) bond motifs is 1. The summed E-state index contributed by atoms with van der Waals surface area (Å²) in [6, 6.07) is 12.9. The first-order chi connectivity index (χ1) is 12.1. The molecule has 1 N–H and O–H groups in total. The highest BCUT2D eigenvalue weighted by Gasteiger charge is 2.34. The molecule has 5 nitrogen and oxygen atoms in total. The van der Waals surface area contributed by atoms with Crippen molar-refractivity contribution in [2.45, 2.75) is 19.4 Å². The second kappa shape index (κ2) is 7.25. The smallest absolute Gasteiger partial charge is 0.261 e. The minimum Gasteiger partial charge on any atom is -0.352 e. The first kappa shape index (κ1) is 16.8. The van der Waals surface area contributed by atoms with E-state index in [9.17, 15) is 18.8 Å². The zero-order chi connectivity index (χ0) is 17.8. The van der Waals surface area contributed by atoms with E-state index in [1.165, 1.54) is 6.07 Å². The van der Waals surface area contributed by atoms with Crippen molar-refractivity contribution < 1.29 is 18.8 Å². The van der Waals surface area contributed by atoms with Gasteiger partial charge >= 0.3 is 0 Å². The molecule has 0 radical (unpaired) electrons. The lowest BCUT2D eigenvalue weighted by Crippen LogP contribution is -2.32. The van der Waals surface area contributed by atoms with Crippen molar-refractivity contribution in [1.29, 1.82) is 0 Å². The highest BCUT2D eigenvalue weighted by Crippen LogP contribution is 2.22. The number of hydrogen-bond donors (Lipinski definition) is 1. The maximum Gasteiger partial charge on any atom is 0.261 e. The zero-order valence-corrected chi connectivity index (χ0v) is 13.5. The molecule has 0 saturated heterocycles. The summed E-state index contributed by atoms with van der Waals surface area (Å²) >= 11 is 0. The second-order valence-corrected chi connectivity index (χ2v) is 5.78. The predicted octanol–water partition coefficient (Wildman–Crippen LogP) is 2.52. The van der Waals surface area contributed by atoms with E-state index >= 15 is 0 Å². The van der Waals surface area contributed by atoms with Crippen LogP contribution in [-0.4, -0.2) is 29.2 Å². The molecule has 6 heteroatoms. The number of nitrogens with one attached hydrogen (secondary N) is 1. The van der Waals surface area contributed by atoms with Gasteiger partial charge in [-0.2, -0.15) is 0 Å². The van der Waals surface area contributed by atoms with Gasteiger partial charge in [0.05, 0.1) is 11.1 Å². The van der Waals surface area contributed by atoms with Gasteiger partial charge in [0.1, 0.15) is 5.82 Å². The third-order valence-electron chi connectivity index (χ3n) is 4.10. The molecular formula is C19H17FN2O3. The number of carbonyl (C=O) groups is 3. The van der Waals surface area contributed by atoms with E-state index in [4.69, 9.17) is 0 Å². The van der Waals surface area contributed by atoms with Crippen LogP contribution in [0.25, 0.3) is 0 Å². The van der Waals surface area contributed by atoms with E-state index in [-0.39, 0.29) is 43.0 Å². The summed E-state index contributed by atoms with van der Waals surface area (Å²) in [5.74, 6) is -1.27. The summed E-state index contributed by atoms with van der Waals surface area (Å²) in [6.45, 7) is 0.290. The van der Waals surface area contributed by atoms with Crippen LogP contribution in [0.1, 0.15) is 39.1 Å². The number of imide groups is 1. The van der Waals surface area contributed by atoms with Gasteiger partial charge in [0.2, 0.25) is 5.91 Å². The van der Waals surface area contributed by atoms with Gasteiger partial charge in [0, 0.05) is 25.1 Å². The molecule has 2 aromatic carbocycles. The van der Waals surface area contributed by atoms with Crippen molar-refractivity contribution in [3.63, 3.8) is 0 Å². The molecule has 0 saturated carbocycles. The average molecular weight is 340 g/mol. The Bertz CT molecular complexity index is 800. The van der Waals surface area contributed by atoms with Crippen molar-refractivity contribution in [2.24, 2.45) is 0 Å². The first-order valence-electron chi connectivity index (χ1n) is 8.03. The fourth-order valence-electron chi connectivity index (χ4n) is 2.76. The van der Waals surface area contributed by atoms with Crippen LogP contribution in [0, 0.1) is 5.82 Å². The molecule has 0 fully saturated rings. The predicted molar refractivity (Wildman–Crippen MR) is 89.3 cm³/mol. The van der Waals surface area contributed by atoms with Crippen molar-refractivity contribution in [2.75, 3.05) is 6.54 Å². The normalized spacial score (nSPS) is 13.1. The molecule has 0 aromatic heterocycles. The Balaban J connectivity index is 1.47. The second-order valence-electron chi connectivity index (χ2n) is 5.78. The molecule has 3 amide bonds. The number of carbonyl (C=O) groups excluding carboxylic acids is 3. The number of hydrogen-bond acceptors (Lipinski definition) is 3. The highest BCUT2D eigenvalue weighted by molar-refractivity contribution is 6.21. The van der Waals surface area contributed by atoms with E-state index < -0.39 is 0 Å². The monoisotopic (exact) mass is 340 g/mol.